The lowest BCUT2D eigenvalue weighted by molar-refractivity contribution is 0.0549. The van der Waals surface area contributed by atoms with E-state index in [1.165, 1.54) is 0 Å². The van der Waals surface area contributed by atoms with Gasteiger partial charge in [0.1, 0.15) is 12.4 Å². The molecule has 3 nitrogen and oxygen atoms in total. The van der Waals surface area contributed by atoms with Gasteiger partial charge in [-0.1, -0.05) is 28.1 Å². The third-order valence-corrected chi connectivity index (χ3v) is 2.27. The molecule has 0 radical (unpaired) electrons. The Kier molecular flexibility index (Phi) is 5.64. The number of benzene rings is 1. The Labute approximate surface area is 103 Å². The highest BCUT2D eigenvalue weighted by Gasteiger charge is 2.05. The number of alkyl halides is 1. The Morgan fingerprint density at radius 1 is 1.31 bits per heavy atom. The van der Waals surface area contributed by atoms with Crippen molar-refractivity contribution >= 4 is 21.9 Å². The van der Waals surface area contributed by atoms with Gasteiger partial charge in [-0.3, -0.25) is 0 Å². The van der Waals surface area contributed by atoms with E-state index in [0.717, 1.165) is 11.1 Å². The zero-order valence-corrected chi connectivity index (χ0v) is 10.6. The van der Waals surface area contributed by atoms with Gasteiger partial charge in [0, 0.05) is 5.33 Å². The van der Waals surface area contributed by atoms with E-state index in [1.54, 1.807) is 37.5 Å². The number of methoxy groups -OCH3 is 1. The van der Waals surface area contributed by atoms with E-state index in [2.05, 4.69) is 15.9 Å². The van der Waals surface area contributed by atoms with E-state index in [1.807, 2.05) is 6.08 Å². The summed E-state index contributed by atoms with van der Waals surface area (Å²) < 4.78 is 10.0. The first kappa shape index (κ1) is 12.8. The van der Waals surface area contributed by atoms with Gasteiger partial charge in [0.15, 0.2) is 0 Å². The number of hydrogen-bond donors (Lipinski definition) is 0. The van der Waals surface area contributed by atoms with E-state index in [9.17, 15) is 4.79 Å². The van der Waals surface area contributed by atoms with Gasteiger partial charge in [-0.2, -0.15) is 0 Å². The molecule has 86 valence electrons. The van der Waals surface area contributed by atoms with Crippen LogP contribution in [0.15, 0.2) is 36.4 Å². The van der Waals surface area contributed by atoms with E-state index >= 15 is 0 Å². The van der Waals surface area contributed by atoms with Crippen molar-refractivity contribution in [2.75, 3.05) is 19.0 Å². The van der Waals surface area contributed by atoms with E-state index in [4.69, 9.17) is 9.47 Å². The van der Waals surface area contributed by atoms with Crippen LogP contribution in [0.3, 0.4) is 0 Å². The zero-order valence-electron chi connectivity index (χ0n) is 8.98. The molecule has 0 saturated heterocycles. The summed E-state index contributed by atoms with van der Waals surface area (Å²) >= 11 is 3.24. The van der Waals surface area contributed by atoms with Crippen molar-refractivity contribution in [2.24, 2.45) is 0 Å². The van der Waals surface area contributed by atoms with Gasteiger partial charge in [0.25, 0.3) is 0 Å². The first-order valence-electron chi connectivity index (χ1n) is 4.80. The summed E-state index contributed by atoms with van der Waals surface area (Å²) in [5.41, 5.74) is 0.521. The fraction of sp³-hybridized carbons (Fsp3) is 0.250. The van der Waals surface area contributed by atoms with Crippen LogP contribution in [0, 0.1) is 0 Å². The molecule has 0 unspecified atom stereocenters. The SMILES string of the molecule is COc1ccc(C(=O)OCC=CCBr)cc1. The predicted molar refractivity (Wildman–Crippen MR) is 66.2 cm³/mol. The second-order valence-corrected chi connectivity index (χ2v) is 3.60. The third-order valence-electron chi connectivity index (χ3n) is 1.89. The molecule has 0 heterocycles. The predicted octanol–water partition coefficient (Wildman–Crippen LogP) is 2.80. The molecule has 0 spiro atoms. The summed E-state index contributed by atoms with van der Waals surface area (Å²) in [5, 5.41) is 0.757. The summed E-state index contributed by atoms with van der Waals surface area (Å²) in [5.74, 6) is 0.387. The number of carbonyl (C=O) groups is 1. The number of hydrogen-bond acceptors (Lipinski definition) is 3. The fourth-order valence-corrected chi connectivity index (χ4v) is 1.33. The quantitative estimate of drug-likeness (QED) is 0.474. The molecule has 0 N–H and O–H groups in total. The van der Waals surface area contributed by atoms with Crippen molar-refractivity contribution in [3.63, 3.8) is 0 Å². The molecule has 0 aliphatic rings. The van der Waals surface area contributed by atoms with E-state index in [-0.39, 0.29) is 12.6 Å². The maximum Gasteiger partial charge on any atom is 0.338 e. The smallest absolute Gasteiger partial charge is 0.338 e. The van der Waals surface area contributed by atoms with E-state index < -0.39 is 0 Å². The number of ether oxygens (including phenoxy) is 2. The molecule has 16 heavy (non-hydrogen) atoms. The van der Waals surface area contributed by atoms with Crippen LogP contribution in [0.5, 0.6) is 5.75 Å². The minimum absolute atomic E-state index is 0.288. The highest BCUT2D eigenvalue weighted by Crippen LogP contribution is 2.11. The average molecular weight is 285 g/mol. The van der Waals surface area contributed by atoms with Gasteiger partial charge in [-0.15, -0.1) is 0 Å². The average Bonchev–Trinajstić information content (AvgIpc) is 2.34. The second kappa shape index (κ2) is 7.06. The van der Waals surface area contributed by atoms with Crippen LogP contribution in [0.2, 0.25) is 0 Å². The molecule has 0 bridgehead atoms. The number of carbonyl (C=O) groups excluding carboxylic acids is 1. The van der Waals surface area contributed by atoms with Crippen molar-refractivity contribution < 1.29 is 14.3 Å². The maximum atomic E-state index is 11.5. The van der Waals surface area contributed by atoms with Crippen molar-refractivity contribution in [1.82, 2.24) is 0 Å². The Hall–Kier alpha value is -1.29. The molecule has 0 aliphatic carbocycles. The van der Waals surface area contributed by atoms with Crippen molar-refractivity contribution in [3.05, 3.63) is 42.0 Å². The van der Waals surface area contributed by atoms with Crippen LogP contribution in [0.25, 0.3) is 0 Å². The topological polar surface area (TPSA) is 35.5 Å². The molecule has 0 fully saturated rings. The fourth-order valence-electron chi connectivity index (χ4n) is 1.07. The number of rotatable bonds is 5. The monoisotopic (exact) mass is 284 g/mol. The Bertz CT molecular complexity index is 357. The minimum Gasteiger partial charge on any atom is -0.497 e. The van der Waals surface area contributed by atoms with Crippen LogP contribution in [0.4, 0.5) is 0 Å². The molecule has 0 atom stereocenters. The highest BCUT2D eigenvalue weighted by atomic mass is 79.9. The Morgan fingerprint density at radius 2 is 2.00 bits per heavy atom. The summed E-state index contributed by atoms with van der Waals surface area (Å²) in [4.78, 5) is 11.5. The molecule has 1 aromatic rings. The number of allylic oxidation sites excluding steroid dienone is 1. The van der Waals surface area contributed by atoms with Gasteiger partial charge in [-0.05, 0) is 24.3 Å². The molecule has 0 aromatic heterocycles. The molecular weight excluding hydrogens is 272 g/mol. The van der Waals surface area contributed by atoms with Gasteiger partial charge < -0.3 is 9.47 Å². The Balaban J connectivity index is 2.49. The standard InChI is InChI=1S/C12H13BrO3/c1-15-11-6-4-10(5-7-11)12(14)16-9-3-2-8-13/h2-7H,8-9H2,1H3. The molecule has 0 aliphatic heterocycles. The second-order valence-electron chi connectivity index (χ2n) is 2.95. The maximum absolute atomic E-state index is 11.5. The van der Waals surface area contributed by atoms with Crippen LogP contribution in [-0.4, -0.2) is 25.0 Å². The molecule has 0 saturated carbocycles. The summed E-state index contributed by atoms with van der Waals surface area (Å²) in [6.07, 6.45) is 3.66. The number of esters is 1. The highest BCUT2D eigenvalue weighted by molar-refractivity contribution is 9.09. The van der Waals surface area contributed by atoms with Crippen molar-refractivity contribution in [1.29, 1.82) is 0 Å². The van der Waals surface area contributed by atoms with Crippen LogP contribution in [0.1, 0.15) is 10.4 Å². The van der Waals surface area contributed by atoms with Crippen LogP contribution < -0.4 is 4.74 Å². The third kappa shape index (κ3) is 4.06. The van der Waals surface area contributed by atoms with Crippen molar-refractivity contribution in [2.45, 2.75) is 0 Å². The molecule has 4 heteroatoms. The van der Waals surface area contributed by atoms with Crippen LogP contribution in [-0.2, 0) is 4.74 Å². The summed E-state index contributed by atoms with van der Waals surface area (Å²) in [6.45, 7) is 0.288. The largest absolute Gasteiger partial charge is 0.497 e. The normalized spacial score (nSPS) is 10.4. The molecule has 1 rings (SSSR count). The Morgan fingerprint density at radius 3 is 2.56 bits per heavy atom. The van der Waals surface area contributed by atoms with Gasteiger partial charge in [-0.25, -0.2) is 4.79 Å². The molecular formula is C12H13BrO3. The lowest BCUT2D eigenvalue weighted by Gasteiger charge is -2.03. The van der Waals surface area contributed by atoms with Gasteiger partial charge in [0.2, 0.25) is 0 Å². The van der Waals surface area contributed by atoms with Crippen LogP contribution >= 0.6 is 15.9 Å². The van der Waals surface area contributed by atoms with Gasteiger partial charge >= 0.3 is 5.97 Å². The number of halogens is 1. The first-order valence-corrected chi connectivity index (χ1v) is 5.92. The van der Waals surface area contributed by atoms with E-state index in [0.29, 0.717) is 5.56 Å². The minimum atomic E-state index is -0.332. The first-order chi connectivity index (χ1) is 7.77. The van der Waals surface area contributed by atoms with Gasteiger partial charge in [0.05, 0.1) is 12.7 Å². The van der Waals surface area contributed by atoms with Crippen molar-refractivity contribution in [3.8, 4) is 5.75 Å². The summed E-state index contributed by atoms with van der Waals surface area (Å²) in [6, 6.07) is 6.81. The molecule has 0 amide bonds. The lowest BCUT2D eigenvalue weighted by atomic mass is 10.2. The lowest BCUT2D eigenvalue weighted by Crippen LogP contribution is -2.04. The molecule has 1 aromatic carbocycles. The zero-order chi connectivity index (χ0) is 11.8. The summed E-state index contributed by atoms with van der Waals surface area (Å²) in [7, 11) is 1.58.